The topological polar surface area (TPSA) is 101 Å². The fraction of sp³-hybridized carbons (Fsp3) is 0. The summed E-state index contributed by atoms with van der Waals surface area (Å²) in [5.41, 5.74) is 9.97. The summed E-state index contributed by atoms with van der Waals surface area (Å²) in [6.07, 6.45) is 0. The molecule has 0 spiro atoms. The molecule has 0 fully saturated rings. The molecule has 1 heterocycles. The van der Waals surface area contributed by atoms with Crippen LogP contribution in [0.15, 0.2) is 4.79 Å². The molecule has 54 valence electrons. The number of nitrogens with two attached hydrogens (primary N) is 2. The molecular formula is C4H6N4OS. The molecule has 0 unspecified atom stereocenters. The molecule has 5 nitrogen and oxygen atoms in total. The summed E-state index contributed by atoms with van der Waals surface area (Å²) in [5.74, 6) is 0.105. The number of hydrogen-bond acceptors (Lipinski definition) is 4. The molecule has 0 aliphatic heterocycles. The predicted molar refractivity (Wildman–Crippen MR) is 41.1 cm³/mol. The summed E-state index contributed by atoms with van der Waals surface area (Å²) < 4.78 is 0.178. The SMILES string of the molecule is Nc1[nH]c(=S)[nH]c(=O)c1[15NH2]. The zero-order valence-electron chi connectivity index (χ0n) is 4.97. The van der Waals surface area contributed by atoms with Gasteiger partial charge in [0.05, 0.1) is 0 Å². The van der Waals surface area contributed by atoms with Gasteiger partial charge >= 0.3 is 0 Å². The first-order valence-corrected chi connectivity index (χ1v) is 2.89. The Hall–Kier alpha value is -1.30. The Kier molecular flexibility index (Phi) is 1.46. The Balaban J connectivity index is 3.62. The van der Waals surface area contributed by atoms with E-state index in [-0.39, 0.29) is 16.3 Å². The maximum Gasteiger partial charge on any atom is 0.277 e. The van der Waals surface area contributed by atoms with Crippen LogP contribution in [0.1, 0.15) is 0 Å². The summed E-state index contributed by atoms with van der Waals surface area (Å²) in [7, 11) is 0. The van der Waals surface area contributed by atoms with E-state index in [4.69, 9.17) is 11.5 Å². The minimum atomic E-state index is -0.457. The second-order valence-electron chi connectivity index (χ2n) is 1.74. The van der Waals surface area contributed by atoms with Gasteiger partial charge in [-0.15, -0.1) is 0 Å². The fourth-order valence-corrected chi connectivity index (χ4v) is 0.716. The standard InChI is InChI=1S/C4H6N4OS/c5-1-2(6)7-4(10)8-3(1)9/h5H2,(H4,6,7,8,9,10)/i5+1. The van der Waals surface area contributed by atoms with Crippen molar-refractivity contribution >= 4 is 23.7 Å². The number of nitrogens with one attached hydrogen (secondary N) is 2. The highest BCUT2D eigenvalue weighted by Gasteiger charge is 1.97. The maximum atomic E-state index is 10.7. The van der Waals surface area contributed by atoms with Crippen LogP contribution in [0, 0.1) is 4.77 Å². The Morgan fingerprint density at radius 2 is 1.90 bits per heavy atom. The van der Waals surface area contributed by atoms with Gasteiger partial charge in [0.25, 0.3) is 5.56 Å². The highest BCUT2D eigenvalue weighted by molar-refractivity contribution is 7.71. The summed E-state index contributed by atoms with van der Waals surface area (Å²) in [6.45, 7) is 0. The molecule has 0 aliphatic carbocycles. The highest BCUT2D eigenvalue weighted by atomic mass is 32.1. The summed E-state index contributed by atoms with van der Waals surface area (Å²) in [5, 5.41) is 0. The molecule has 0 saturated carbocycles. The molecule has 6 N–H and O–H groups in total. The van der Waals surface area contributed by atoms with Gasteiger partial charge in [-0.3, -0.25) is 9.78 Å². The average molecular weight is 159 g/mol. The van der Waals surface area contributed by atoms with Crippen molar-refractivity contribution in [2.24, 2.45) is 0 Å². The first kappa shape index (κ1) is 6.81. The van der Waals surface area contributed by atoms with Gasteiger partial charge < -0.3 is 16.5 Å². The van der Waals surface area contributed by atoms with Crippen molar-refractivity contribution < 1.29 is 0 Å². The lowest BCUT2D eigenvalue weighted by Crippen LogP contribution is -2.15. The molecule has 0 atom stereocenters. The van der Waals surface area contributed by atoms with Crippen LogP contribution in [-0.2, 0) is 0 Å². The molecule has 0 saturated heterocycles. The van der Waals surface area contributed by atoms with Crippen LogP contribution in [0.4, 0.5) is 11.5 Å². The lowest BCUT2D eigenvalue weighted by atomic mass is 10.5. The summed E-state index contributed by atoms with van der Waals surface area (Å²) in [4.78, 5) is 15.5. The highest BCUT2D eigenvalue weighted by Crippen LogP contribution is 1.99. The van der Waals surface area contributed by atoms with Crippen molar-refractivity contribution in [3.05, 3.63) is 15.1 Å². The molecule has 1 aromatic heterocycles. The van der Waals surface area contributed by atoms with E-state index in [9.17, 15) is 4.79 Å². The van der Waals surface area contributed by atoms with E-state index in [1.807, 2.05) is 0 Å². The summed E-state index contributed by atoms with van der Waals surface area (Å²) >= 11 is 4.60. The molecule has 1 rings (SSSR count). The second kappa shape index (κ2) is 2.14. The van der Waals surface area contributed by atoms with E-state index in [2.05, 4.69) is 22.2 Å². The van der Waals surface area contributed by atoms with Gasteiger partial charge in [-0.25, -0.2) is 0 Å². The number of aromatic nitrogens is 2. The third-order valence-corrected chi connectivity index (χ3v) is 1.21. The molecule has 10 heavy (non-hydrogen) atoms. The van der Waals surface area contributed by atoms with Gasteiger partial charge in [0.1, 0.15) is 11.5 Å². The first-order valence-electron chi connectivity index (χ1n) is 2.49. The zero-order valence-corrected chi connectivity index (χ0v) is 5.79. The molecular weight excluding hydrogens is 153 g/mol. The largest absolute Gasteiger partial charge is 0.391 e. The van der Waals surface area contributed by atoms with Crippen molar-refractivity contribution in [2.75, 3.05) is 11.5 Å². The lowest BCUT2D eigenvalue weighted by molar-refractivity contribution is 1.10. The fourth-order valence-electron chi connectivity index (χ4n) is 0.514. The van der Waals surface area contributed by atoms with E-state index in [0.29, 0.717) is 0 Å². The smallest absolute Gasteiger partial charge is 0.277 e. The van der Waals surface area contributed by atoms with Crippen molar-refractivity contribution in [1.82, 2.24) is 9.97 Å². The predicted octanol–water partition coefficient (Wildman–Crippen LogP) is -0.403. The Bertz CT molecular complexity index is 351. The van der Waals surface area contributed by atoms with Gasteiger partial charge in [0, 0.05) is 0 Å². The third kappa shape index (κ3) is 1.01. The number of nitrogen functional groups attached to an aromatic ring is 2. The Morgan fingerprint density at radius 1 is 1.30 bits per heavy atom. The molecule has 1 aromatic rings. The van der Waals surface area contributed by atoms with Crippen molar-refractivity contribution in [2.45, 2.75) is 0 Å². The maximum absolute atomic E-state index is 10.7. The van der Waals surface area contributed by atoms with E-state index in [1.54, 1.807) is 0 Å². The van der Waals surface area contributed by atoms with E-state index in [0.717, 1.165) is 0 Å². The molecule has 0 bridgehead atoms. The summed E-state index contributed by atoms with van der Waals surface area (Å²) in [6, 6.07) is 0. The average Bonchev–Trinajstić information content (AvgIpc) is 1.82. The van der Waals surface area contributed by atoms with Crippen LogP contribution in [-0.4, -0.2) is 9.97 Å². The number of hydrogen-bond donors (Lipinski definition) is 4. The van der Waals surface area contributed by atoms with Crippen LogP contribution >= 0.6 is 12.2 Å². The number of H-pyrrole nitrogens is 2. The van der Waals surface area contributed by atoms with Crippen molar-refractivity contribution in [3.63, 3.8) is 0 Å². The second-order valence-corrected chi connectivity index (χ2v) is 2.14. The monoisotopic (exact) mass is 159 g/mol. The van der Waals surface area contributed by atoms with Crippen LogP contribution in [0.5, 0.6) is 0 Å². The minimum absolute atomic E-state index is 0.0337. The van der Waals surface area contributed by atoms with Crippen LogP contribution < -0.4 is 17.0 Å². The van der Waals surface area contributed by atoms with E-state index < -0.39 is 5.56 Å². The van der Waals surface area contributed by atoms with Gasteiger partial charge in [0.2, 0.25) is 0 Å². The van der Waals surface area contributed by atoms with Crippen LogP contribution in [0.3, 0.4) is 0 Å². The molecule has 0 radical (unpaired) electrons. The van der Waals surface area contributed by atoms with Crippen molar-refractivity contribution in [1.29, 1.82) is 0 Å². The lowest BCUT2D eigenvalue weighted by Gasteiger charge is -1.95. The van der Waals surface area contributed by atoms with Gasteiger partial charge in [-0.05, 0) is 12.2 Å². The quantitative estimate of drug-likeness (QED) is 0.305. The molecule has 6 heteroatoms. The Labute approximate surface area is 61.1 Å². The molecule has 0 aliphatic rings. The number of rotatable bonds is 0. The van der Waals surface area contributed by atoms with E-state index in [1.165, 1.54) is 0 Å². The Morgan fingerprint density at radius 3 is 2.40 bits per heavy atom. The molecule has 0 aromatic carbocycles. The zero-order chi connectivity index (χ0) is 7.72. The van der Waals surface area contributed by atoms with Gasteiger partial charge in [0.15, 0.2) is 4.77 Å². The molecule has 0 amide bonds. The first-order chi connectivity index (χ1) is 4.61. The van der Waals surface area contributed by atoms with Gasteiger partial charge in [-0.1, -0.05) is 0 Å². The van der Waals surface area contributed by atoms with Crippen molar-refractivity contribution in [3.8, 4) is 0 Å². The normalized spacial score (nSPS) is 9.60. The number of aromatic amines is 2. The van der Waals surface area contributed by atoms with E-state index >= 15 is 0 Å². The van der Waals surface area contributed by atoms with Crippen LogP contribution in [0.2, 0.25) is 0 Å². The van der Waals surface area contributed by atoms with Crippen LogP contribution in [0.25, 0.3) is 0 Å². The number of anilines is 2. The van der Waals surface area contributed by atoms with Gasteiger partial charge in [-0.2, -0.15) is 0 Å². The third-order valence-electron chi connectivity index (χ3n) is 1.01. The minimum Gasteiger partial charge on any atom is -0.391 e.